The molecule has 1 N–H and O–H groups in total. The second kappa shape index (κ2) is 7.86. The molecule has 4 nitrogen and oxygen atoms in total. The number of anilines is 1. The molecule has 0 fully saturated rings. The zero-order valence-corrected chi connectivity index (χ0v) is 14.9. The number of aryl methyl sites for hydroxylation is 2. The van der Waals surface area contributed by atoms with Crippen LogP contribution in [0.25, 0.3) is 0 Å². The molecular weight excluding hydrogens is 302 g/mol. The molecule has 0 aliphatic heterocycles. The van der Waals surface area contributed by atoms with Gasteiger partial charge in [0.05, 0.1) is 6.10 Å². The summed E-state index contributed by atoms with van der Waals surface area (Å²) in [6, 6.07) is 13.3. The molecule has 0 saturated heterocycles. The van der Waals surface area contributed by atoms with Crippen molar-refractivity contribution < 1.29 is 14.3 Å². The number of carbonyl (C=O) groups is 1. The Morgan fingerprint density at radius 1 is 0.917 bits per heavy atom. The van der Waals surface area contributed by atoms with E-state index >= 15 is 0 Å². The van der Waals surface area contributed by atoms with Crippen molar-refractivity contribution in [2.45, 2.75) is 46.8 Å². The van der Waals surface area contributed by atoms with Gasteiger partial charge in [-0.25, -0.2) is 0 Å². The maximum atomic E-state index is 12.3. The molecule has 0 aromatic heterocycles. The Kier molecular flexibility index (Phi) is 5.85. The molecule has 0 heterocycles. The van der Waals surface area contributed by atoms with Crippen molar-refractivity contribution in [2.75, 3.05) is 5.32 Å². The van der Waals surface area contributed by atoms with Crippen LogP contribution in [0.2, 0.25) is 0 Å². The van der Waals surface area contributed by atoms with E-state index in [1.54, 1.807) is 13.0 Å². The van der Waals surface area contributed by atoms with Crippen LogP contribution in [0.3, 0.4) is 0 Å². The Hall–Kier alpha value is -2.49. The van der Waals surface area contributed by atoms with Crippen LogP contribution in [0, 0.1) is 13.8 Å². The Morgan fingerprint density at radius 2 is 1.58 bits per heavy atom. The summed E-state index contributed by atoms with van der Waals surface area (Å²) in [5.74, 6) is 1.23. The highest BCUT2D eigenvalue weighted by atomic mass is 16.5. The molecule has 0 aliphatic carbocycles. The van der Waals surface area contributed by atoms with Gasteiger partial charge in [-0.15, -0.1) is 0 Å². The molecule has 2 aromatic rings. The smallest absolute Gasteiger partial charge is 0.265 e. The number of nitrogens with one attached hydrogen (secondary N) is 1. The van der Waals surface area contributed by atoms with E-state index in [2.05, 4.69) is 11.4 Å². The highest BCUT2D eigenvalue weighted by Gasteiger charge is 2.15. The fourth-order valence-corrected chi connectivity index (χ4v) is 2.42. The lowest BCUT2D eigenvalue weighted by molar-refractivity contribution is -0.122. The predicted molar refractivity (Wildman–Crippen MR) is 96.8 cm³/mol. The number of hydrogen-bond donors (Lipinski definition) is 1. The van der Waals surface area contributed by atoms with Crippen molar-refractivity contribution in [1.29, 1.82) is 0 Å². The molecule has 2 rings (SSSR count). The third-order valence-electron chi connectivity index (χ3n) is 3.35. The SMILES string of the molecule is Cc1cc(C)cc(O[C@@H](C)C(=O)Nc2cccc(OC(C)C)c2)c1. The fourth-order valence-electron chi connectivity index (χ4n) is 2.42. The quantitative estimate of drug-likeness (QED) is 0.850. The summed E-state index contributed by atoms with van der Waals surface area (Å²) in [6.07, 6.45) is -0.511. The maximum absolute atomic E-state index is 12.3. The Morgan fingerprint density at radius 3 is 2.21 bits per heavy atom. The zero-order valence-electron chi connectivity index (χ0n) is 14.9. The average Bonchev–Trinajstić information content (AvgIpc) is 2.45. The molecule has 0 bridgehead atoms. The summed E-state index contributed by atoms with van der Waals surface area (Å²) in [6.45, 7) is 9.67. The largest absolute Gasteiger partial charge is 0.491 e. The minimum absolute atomic E-state index is 0.0859. The van der Waals surface area contributed by atoms with E-state index in [1.807, 2.05) is 58.0 Å². The highest BCUT2D eigenvalue weighted by Crippen LogP contribution is 2.20. The van der Waals surface area contributed by atoms with Crippen LogP contribution >= 0.6 is 0 Å². The Bertz CT molecular complexity index is 690. The standard InChI is InChI=1S/C20H25NO3/c1-13(2)23-18-8-6-7-17(12-18)21-20(22)16(5)24-19-10-14(3)9-15(4)11-19/h6-13,16H,1-5H3,(H,21,22)/t16-/m0/s1. The van der Waals surface area contributed by atoms with Crippen LogP contribution in [0.5, 0.6) is 11.5 Å². The molecular formula is C20H25NO3. The molecule has 1 atom stereocenters. The van der Waals surface area contributed by atoms with Crippen LogP contribution < -0.4 is 14.8 Å². The topological polar surface area (TPSA) is 47.6 Å². The normalized spacial score (nSPS) is 11.9. The molecule has 0 spiro atoms. The fraction of sp³-hybridized carbons (Fsp3) is 0.350. The molecule has 4 heteroatoms. The van der Waals surface area contributed by atoms with Gasteiger partial charge in [0.1, 0.15) is 11.5 Å². The summed E-state index contributed by atoms with van der Waals surface area (Å²) in [4.78, 5) is 12.3. The lowest BCUT2D eigenvalue weighted by Gasteiger charge is -2.16. The number of rotatable bonds is 6. The summed E-state index contributed by atoms with van der Waals surface area (Å²) < 4.78 is 11.4. The van der Waals surface area contributed by atoms with E-state index < -0.39 is 6.10 Å². The number of ether oxygens (including phenoxy) is 2. The van der Waals surface area contributed by atoms with E-state index in [0.29, 0.717) is 11.4 Å². The molecule has 2 aromatic carbocycles. The maximum Gasteiger partial charge on any atom is 0.265 e. The van der Waals surface area contributed by atoms with Gasteiger partial charge in [-0.05, 0) is 70.0 Å². The Labute approximate surface area is 143 Å². The molecule has 128 valence electrons. The molecule has 24 heavy (non-hydrogen) atoms. The number of amides is 1. The van der Waals surface area contributed by atoms with Gasteiger partial charge in [0, 0.05) is 11.8 Å². The first-order valence-corrected chi connectivity index (χ1v) is 8.16. The van der Waals surface area contributed by atoms with Gasteiger partial charge in [0.15, 0.2) is 6.10 Å². The van der Waals surface area contributed by atoms with Crippen molar-refractivity contribution in [1.82, 2.24) is 0 Å². The molecule has 0 saturated carbocycles. The molecule has 0 radical (unpaired) electrons. The van der Waals surface area contributed by atoms with Gasteiger partial charge >= 0.3 is 0 Å². The van der Waals surface area contributed by atoms with E-state index in [9.17, 15) is 4.79 Å². The summed E-state index contributed by atoms with van der Waals surface area (Å²) in [5.41, 5.74) is 2.90. The van der Waals surface area contributed by atoms with Crippen molar-refractivity contribution >= 4 is 11.6 Å². The monoisotopic (exact) mass is 327 g/mol. The minimum atomic E-state index is -0.596. The predicted octanol–water partition coefficient (Wildman–Crippen LogP) is 4.50. The van der Waals surface area contributed by atoms with Crippen LogP contribution in [0.15, 0.2) is 42.5 Å². The summed E-state index contributed by atoms with van der Waals surface area (Å²) >= 11 is 0. The molecule has 0 unspecified atom stereocenters. The summed E-state index contributed by atoms with van der Waals surface area (Å²) in [7, 11) is 0. The third kappa shape index (κ3) is 5.30. The van der Waals surface area contributed by atoms with Crippen molar-refractivity contribution in [3.8, 4) is 11.5 Å². The number of benzene rings is 2. The number of hydrogen-bond acceptors (Lipinski definition) is 3. The van der Waals surface area contributed by atoms with E-state index in [-0.39, 0.29) is 12.0 Å². The third-order valence-corrected chi connectivity index (χ3v) is 3.35. The Balaban J connectivity index is 2.01. The van der Waals surface area contributed by atoms with Crippen molar-refractivity contribution in [3.05, 3.63) is 53.6 Å². The van der Waals surface area contributed by atoms with Gasteiger partial charge in [0.2, 0.25) is 0 Å². The summed E-state index contributed by atoms with van der Waals surface area (Å²) in [5, 5.41) is 2.86. The second-order valence-electron chi connectivity index (χ2n) is 6.27. The van der Waals surface area contributed by atoms with Crippen LogP contribution in [0.4, 0.5) is 5.69 Å². The van der Waals surface area contributed by atoms with Crippen LogP contribution in [-0.2, 0) is 4.79 Å². The highest BCUT2D eigenvalue weighted by molar-refractivity contribution is 5.94. The van der Waals surface area contributed by atoms with Crippen LogP contribution in [-0.4, -0.2) is 18.1 Å². The first kappa shape index (κ1) is 17.9. The van der Waals surface area contributed by atoms with Gasteiger partial charge in [0.25, 0.3) is 5.91 Å². The second-order valence-corrected chi connectivity index (χ2v) is 6.27. The number of carbonyl (C=O) groups excluding carboxylic acids is 1. The van der Waals surface area contributed by atoms with Gasteiger partial charge < -0.3 is 14.8 Å². The van der Waals surface area contributed by atoms with E-state index in [0.717, 1.165) is 16.9 Å². The van der Waals surface area contributed by atoms with Gasteiger partial charge in [-0.3, -0.25) is 4.79 Å². The molecule has 0 aliphatic rings. The lowest BCUT2D eigenvalue weighted by atomic mass is 10.1. The van der Waals surface area contributed by atoms with Crippen molar-refractivity contribution in [2.24, 2.45) is 0 Å². The van der Waals surface area contributed by atoms with E-state index in [4.69, 9.17) is 9.47 Å². The molecule has 1 amide bonds. The van der Waals surface area contributed by atoms with Crippen LogP contribution in [0.1, 0.15) is 31.9 Å². The van der Waals surface area contributed by atoms with Gasteiger partial charge in [-0.1, -0.05) is 12.1 Å². The van der Waals surface area contributed by atoms with Gasteiger partial charge in [-0.2, -0.15) is 0 Å². The van der Waals surface area contributed by atoms with E-state index in [1.165, 1.54) is 0 Å². The first-order valence-electron chi connectivity index (χ1n) is 8.16. The lowest BCUT2D eigenvalue weighted by Crippen LogP contribution is -2.30. The average molecular weight is 327 g/mol. The van der Waals surface area contributed by atoms with Crippen molar-refractivity contribution in [3.63, 3.8) is 0 Å². The first-order chi connectivity index (χ1) is 11.3. The minimum Gasteiger partial charge on any atom is -0.491 e. The zero-order chi connectivity index (χ0) is 17.7.